The summed E-state index contributed by atoms with van der Waals surface area (Å²) < 4.78 is 0. The van der Waals surface area contributed by atoms with Crippen molar-refractivity contribution in [1.29, 1.82) is 0 Å². The number of H-pyrrole nitrogens is 1. The van der Waals surface area contributed by atoms with E-state index >= 15 is 0 Å². The summed E-state index contributed by atoms with van der Waals surface area (Å²) in [5.41, 5.74) is 0.753. The number of nitrogens with one attached hydrogen (secondary N) is 1. The highest BCUT2D eigenvalue weighted by molar-refractivity contribution is 5.77. The maximum atomic E-state index is 11.9. The Morgan fingerprint density at radius 3 is 2.88 bits per heavy atom. The van der Waals surface area contributed by atoms with Crippen LogP contribution in [0.2, 0.25) is 0 Å². The lowest BCUT2D eigenvalue weighted by molar-refractivity contribution is 0.596. The first-order valence-corrected chi connectivity index (χ1v) is 6.21. The molecule has 1 aromatic heterocycles. The number of aromatic nitrogens is 2. The molecule has 1 atom stereocenters. The van der Waals surface area contributed by atoms with Crippen molar-refractivity contribution in [2.24, 2.45) is 0 Å². The lowest BCUT2D eigenvalue weighted by atomic mass is 10.0. The first kappa shape index (κ1) is 11.8. The van der Waals surface area contributed by atoms with E-state index in [9.17, 15) is 4.79 Å². The van der Waals surface area contributed by atoms with Gasteiger partial charge in [0.25, 0.3) is 5.56 Å². The Bertz CT molecular complexity index is 559. The fourth-order valence-electron chi connectivity index (χ4n) is 1.98. The van der Waals surface area contributed by atoms with Crippen molar-refractivity contribution in [3.05, 3.63) is 40.4 Å². The maximum absolute atomic E-state index is 11.9. The minimum atomic E-state index is -0.0334. The molecule has 2 aromatic rings. The topological polar surface area (TPSA) is 45.8 Å². The zero-order valence-electron chi connectivity index (χ0n) is 10.4. The van der Waals surface area contributed by atoms with E-state index < -0.39 is 0 Å². The number of unbranched alkanes of at least 4 members (excludes halogenated alkanes) is 1. The third-order valence-electron chi connectivity index (χ3n) is 3.09. The molecule has 0 amide bonds. The predicted octanol–water partition coefficient (Wildman–Crippen LogP) is 3.22. The van der Waals surface area contributed by atoms with Gasteiger partial charge in [-0.05, 0) is 18.6 Å². The van der Waals surface area contributed by atoms with Crippen LogP contribution in [0, 0.1) is 0 Å². The Labute approximate surface area is 101 Å². The molecule has 0 saturated heterocycles. The molecule has 0 aliphatic heterocycles. The molecule has 0 aliphatic rings. The van der Waals surface area contributed by atoms with Crippen molar-refractivity contribution in [1.82, 2.24) is 9.97 Å². The number of hydrogen-bond donors (Lipinski definition) is 1. The summed E-state index contributed by atoms with van der Waals surface area (Å²) in [4.78, 5) is 19.3. The quantitative estimate of drug-likeness (QED) is 0.876. The molecular weight excluding hydrogens is 212 g/mol. The van der Waals surface area contributed by atoms with Gasteiger partial charge in [-0.2, -0.15) is 0 Å². The Hall–Kier alpha value is -1.64. The summed E-state index contributed by atoms with van der Waals surface area (Å²) >= 11 is 0. The molecule has 90 valence electrons. The molecule has 17 heavy (non-hydrogen) atoms. The second-order valence-corrected chi connectivity index (χ2v) is 4.51. The molecule has 0 radical (unpaired) electrons. The van der Waals surface area contributed by atoms with Crippen LogP contribution in [0.25, 0.3) is 10.9 Å². The number of aromatic amines is 1. The van der Waals surface area contributed by atoms with Gasteiger partial charge in [0.15, 0.2) is 0 Å². The first-order valence-electron chi connectivity index (χ1n) is 6.21. The van der Waals surface area contributed by atoms with E-state index in [4.69, 9.17) is 0 Å². The van der Waals surface area contributed by atoms with Crippen LogP contribution in [-0.4, -0.2) is 9.97 Å². The van der Waals surface area contributed by atoms with Crippen LogP contribution in [0.5, 0.6) is 0 Å². The van der Waals surface area contributed by atoms with Crippen molar-refractivity contribution in [2.75, 3.05) is 0 Å². The van der Waals surface area contributed by atoms with Gasteiger partial charge in [0.05, 0.1) is 10.9 Å². The van der Waals surface area contributed by atoms with E-state index in [0.29, 0.717) is 11.3 Å². The van der Waals surface area contributed by atoms with Crippen molar-refractivity contribution < 1.29 is 0 Å². The van der Waals surface area contributed by atoms with Crippen LogP contribution in [0.1, 0.15) is 44.9 Å². The van der Waals surface area contributed by atoms with Gasteiger partial charge in [0, 0.05) is 5.92 Å². The standard InChI is InChI=1S/C14H18N2O/c1-3-4-7-10(2)13-15-12-9-6-5-8-11(12)14(17)16-13/h5-6,8-10H,3-4,7H2,1-2H3,(H,15,16,17). The van der Waals surface area contributed by atoms with E-state index in [1.165, 1.54) is 6.42 Å². The fourth-order valence-corrected chi connectivity index (χ4v) is 1.98. The normalized spacial score (nSPS) is 12.8. The molecule has 2 rings (SSSR count). The summed E-state index contributed by atoms with van der Waals surface area (Å²) in [5.74, 6) is 1.12. The van der Waals surface area contributed by atoms with Crippen molar-refractivity contribution in [3.63, 3.8) is 0 Å². The Morgan fingerprint density at radius 2 is 2.12 bits per heavy atom. The third kappa shape index (κ3) is 2.54. The highest BCUT2D eigenvalue weighted by Gasteiger charge is 2.09. The van der Waals surface area contributed by atoms with Crippen LogP contribution >= 0.6 is 0 Å². The molecule has 1 unspecified atom stereocenters. The number of nitrogens with zero attached hydrogens (tertiary/aromatic N) is 1. The number of rotatable bonds is 4. The van der Waals surface area contributed by atoms with E-state index in [2.05, 4.69) is 23.8 Å². The highest BCUT2D eigenvalue weighted by atomic mass is 16.1. The molecule has 0 bridgehead atoms. The maximum Gasteiger partial charge on any atom is 0.258 e. The number of hydrogen-bond acceptors (Lipinski definition) is 2. The zero-order valence-corrected chi connectivity index (χ0v) is 10.4. The minimum Gasteiger partial charge on any atom is -0.310 e. The second-order valence-electron chi connectivity index (χ2n) is 4.51. The lowest BCUT2D eigenvalue weighted by Gasteiger charge is -2.10. The van der Waals surface area contributed by atoms with Gasteiger partial charge in [0.2, 0.25) is 0 Å². The Balaban J connectivity index is 2.39. The Kier molecular flexibility index (Phi) is 3.57. The molecule has 0 aliphatic carbocycles. The first-order chi connectivity index (χ1) is 8.22. The summed E-state index contributed by atoms with van der Waals surface area (Å²) in [6, 6.07) is 7.47. The van der Waals surface area contributed by atoms with Crippen molar-refractivity contribution in [3.8, 4) is 0 Å². The van der Waals surface area contributed by atoms with Gasteiger partial charge >= 0.3 is 0 Å². The van der Waals surface area contributed by atoms with Gasteiger partial charge in [-0.1, -0.05) is 38.8 Å². The highest BCUT2D eigenvalue weighted by Crippen LogP contribution is 2.18. The lowest BCUT2D eigenvalue weighted by Crippen LogP contribution is -2.13. The second kappa shape index (κ2) is 5.13. The molecule has 0 saturated carbocycles. The van der Waals surface area contributed by atoms with E-state index in [-0.39, 0.29) is 5.56 Å². The van der Waals surface area contributed by atoms with Crippen LogP contribution in [0.3, 0.4) is 0 Å². The zero-order chi connectivity index (χ0) is 12.3. The van der Waals surface area contributed by atoms with Crippen LogP contribution in [0.15, 0.2) is 29.1 Å². The number of benzene rings is 1. The molecule has 1 aromatic carbocycles. The van der Waals surface area contributed by atoms with E-state index in [1.54, 1.807) is 0 Å². The van der Waals surface area contributed by atoms with Crippen LogP contribution in [-0.2, 0) is 0 Å². The molecule has 3 heteroatoms. The molecular formula is C14H18N2O. The summed E-state index contributed by atoms with van der Waals surface area (Å²) in [6.45, 7) is 4.28. The van der Waals surface area contributed by atoms with Gasteiger partial charge in [-0.25, -0.2) is 4.98 Å². The third-order valence-corrected chi connectivity index (χ3v) is 3.09. The van der Waals surface area contributed by atoms with Crippen molar-refractivity contribution >= 4 is 10.9 Å². The van der Waals surface area contributed by atoms with Crippen LogP contribution in [0.4, 0.5) is 0 Å². The van der Waals surface area contributed by atoms with Gasteiger partial charge < -0.3 is 4.98 Å². The molecule has 0 spiro atoms. The van der Waals surface area contributed by atoms with Crippen LogP contribution < -0.4 is 5.56 Å². The summed E-state index contributed by atoms with van der Waals surface area (Å²) in [7, 11) is 0. The summed E-state index contributed by atoms with van der Waals surface area (Å²) in [6.07, 6.45) is 3.40. The molecule has 1 heterocycles. The van der Waals surface area contributed by atoms with E-state index in [0.717, 1.165) is 24.2 Å². The van der Waals surface area contributed by atoms with Gasteiger partial charge in [0.1, 0.15) is 5.82 Å². The van der Waals surface area contributed by atoms with Gasteiger partial charge in [-0.3, -0.25) is 4.79 Å². The average Bonchev–Trinajstić information content (AvgIpc) is 2.36. The number of fused-ring (bicyclic) bond motifs is 1. The molecule has 0 fully saturated rings. The monoisotopic (exact) mass is 230 g/mol. The average molecular weight is 230 g/mol. The predicted molar refractivity (Wildman–Crippen MR) is 70.3 cm³/mol. The van der Waals surface area contributed by atoms with Gasteiger partial charge in [-0.15, -0.1) is 0 Å². The fraction of sp³-hybridized carbons (Fsp3) is 0.429. The number of para-hydroxylation sites is 1. The molecule has 1 N–H and O–H groups in total. The SMILES string of the molecule is CCCCC(C)c1nc2ccccc2c(=O)[nH]1. The largest absolute Gasteiger partial charge is 0.310 e. The smallest absolute Gasteiger partial charge is 0.258 e. The molecule has 3 nitrogen and oxygen atoms in total. The Morgan fingerprint density at radius 1 is 1.35 bits per heavy atom. The van der Waals surface area contributed by atoms with E-state index in [1.807, 2.05) is 24.3 Å². The minimum absolute atomic E-state index is 0.0334. The van der Waals surface area contributed by atoms with Crippen molar-refractivity contribution in [2.45, 2.75) is 39.0 Å². The summed E-state index contributed by atoms with van der Waals surface area (Å²) in [5, 5.41) is 0.666.